The average molecular weight is 392 g/mol. The van der Waals surface area contributed by atoms with Crippen molar-refractivity contribution in [2.75, 3.05) is 38.2 Å². The fourth-order valence-electron chi connectivity index (χ4n) is 3.95. The van der Waals surface area contributed by atoms with Crippen LogP contribution in [0.2, 0.25) is 0 Å². The van der Waals surface area contributed by atoms with Crippen LogP contribution < -0.4 is 10.6 Å². The molecule has 0 spiro atoms. The molecule has 1 fully saturated rings. The van der Waals surface area contributed by atoms with Crippen molar-refractivity contribution in [3.05, 3.63) is 64.6 Å². The van der Waals surface area contributed by atoms with Crippen LogP contribution in [0.4, 0.5) is 4.39 Å². The highest BCUT2D eigenvalue weighted by molar-refractivity contribution is 5.86. The molecule has 1 saturated heterocycles. The lowest BCUT2D eigenvalue weighted by molar-refractivity contribution is 0.286. The SMILES string of the molecule is Cc1nn2c(ncc3c(=O)n(N4CCN(C)CC4)ccc32)c1-c1ccc(F)cc1. The highest BCUT2D eigenvalue weighted by Gasteiger charge is 2.19. The number of halogens is 1. The molecule has 7 nitrogen and oxygen atoms in total. The molecule has 1 aliphatic rings. The van der Waals surface area contributed by atoms with Gasteiger partial charge in [-0.05, 0) is 37.7 Å². The molecule has 1 aliphatic heterocycles. The predicted octanol–water partition coefficient (Wildman–Crippen LogP) is 2.04. The van der Waals surface area contributed by atoms with Crippen LogP contribution in [0.15, 0.2) is 47.5 Å². The molecule has 1 aromatic carbocycles. The van der Waals surface area contributed by atoms with Crippen LogP contribution in [-0.4, -0.2) is 57.4 Å². The number of likely N-dealkylation sites (N-methyl/N-ethyl adjacent to an activating group) is 1. The molecule has 0 amide bonds. The molecule has 148 valence electrons. The molecule has 4 aromatic rings. The van der Waals surface area contributed by atoms with E-state index in [0.29, 0.717) is 16.6 Å². The van der Waals surface area contributed by atoms with Crippen molar-refractivity contribution in [3.63, 3.8) is 0 Å². The van der Waals surface area contributed by atoms with Crippen molar-refractivity contribution in [2.24, 2.45) is 0 Å². The molecule has 0 bridgehead atoms. The Kier molecular flexibility index (Phi) is 4.09. The quantitative estimate of drug-likeness (QED) is 0.523. The van der Waals surface area contributed by atoms with Gasteiger partial charge in [-0.3, -0.25) is 4.79 Å². The first kappa shape index (κ1) is 17.8. The summed E-state index contributed by atoms with van der Waals surface area (Å²) in [6.07, 6.45) is 3.43. The summed E-state index contributed by atoms with van der Waals surface area (Å²) in [5, 5.41) is 7.21. The van der Waals surface area contributed by atoms with E-state index in [0.717, 1.165) is 43.0 Å². The zero-order valence-electron chi connectivity index (χ0n) is 16.3. The fraction of sp³-hybridized carbons (Fsp3) is 0.286. The summed E-state index contributed by atoms with van der Waals surface area (Å²) in [4.78, 5) is 19.9. The Balaban J connectivity index is 1.66. The van der Waals surface area contributed by atoms with Gasteiger partial charge >= 0.3 is 0 Å². The maximum absolute atomic E-state index is 13.3. The molecule has 3 aromatic heterocycles. The third kappa shape index (κ3) is 2.87. The predicted molar refractivity (Wildman–Crippen MR) is 110 cm³/mol. The molecule has 4 heterocycles. The van der Waals surface area contributed by atoms with E-state index >= 15 is 0 Å². The van der Waals surface area contributed by atoms with Crippen molar-refractivity contribution in [3.8, 4) is 11.1 Å². The summed E-state index contributed by atoms with van der Waals surface area (Å²) >= 11 is 0. The number of pyridine rings is 1. The lowest BCUT2D eigenvalue weighted by Gasteiger charge is -2.34. The number of aryl methyl sites for hydroxylation is 1. The summed E-state index contributed by atoms with van der Waals surface area (Å²) < 4.78 is 16.7. The molecular formula is C21H21FN6O. The average Bonchev–Trinajstić information content (AvgIpc) is 3.06. The van der Waals surface area contributed by atoms with Crippen LogP contribution in [0.3, 0.4) is 0 Å². The molecule has 0 radical (unpaired) electrons. The number of aromatic nitrogens is 4. The Labute approximate surface area is 166 Å². The van der Waals surface area contributed by atoms with Gasteiger partial charge in [0.05, 0.1) is 16.6 Å². The zero-order valence-corrected chi connectivity index (χ0v) is 16.3. The first-order chi connectivity index (χ1) is 14.0. The van der Waals surface area contributed by atoms with Crippen LogP contribution in [-0.2, 0) is 0 Å². The van der Waals surface area contributed by atoms with Crippen molar-refractivity contribution >= 4 is 16.6 Å². The Morgan fingerprint density at radius 1 is 1.03 bits per heavy atom. The monoisotopic (exact) mass is 392 g/mol. The Bertz CT molecular complexity index is 1270. The van der Waals surface area contributed by atoms with Crippen LogP contribution in [0.25, 0.3) is 27.7 Å². The first-order valence-corrected chi connectivity index (χ1v) is 9.62. The number of nitrogens with zero attached hydrogens (tertiary/aromatic N) is 6. The topological polar surface area (TPSA) is 58.7 Å². The molecule has 0 N–H and O–H groups in total. The number of benzene rings is 1. The lowest BCUT2D eigenvalue weighted by Crippen LogP contribution is -2.52. The second kappa shape index (κ2) is 6.66. The Hall–Kier alpha value is -3.26. The van der Waals surface area contributed by atoms with Crippen molar-refractivity contribution < 1.29 is 4.39 Å². The molecular weight excluding hydrogens is 371 g/mol. The molecule has 0 unspecified atom stereocenters. The first-order valence-electron chi connectivity index (χ1n) is 9.62. The third-order valence-electron chi connectivity index (χ3n) is 5.59. The van der Waals surface area contributed by atoms with Gasteiger partial charge in [-0.2, -0.15) is 5.10 Å². The molecule has 0 atom stereocenters. The molecule has 29 heavy (non-hydrogen) atoms. The minimum Gasteiger partial charge on any atom is -0.308 e. The number of fused-ring (bicyclic) bond motifs is 3. The van der Waals surface area contributed by atoms with Gasteiger partial charge in [0.15, 0.2) is 5.65 Å². The van der Waals surface area contributed by atoms with Gasteiger partial charge in [0, 0.05) is 44.1 Å². The Morgan fingerprint density at radius 3 is 2.48 bits per heavy atom. The Morgan fingerprint density at radius 2 is 1.76 bits per heavy atom. The number of hydrogen-bond acceptors (Lipinski definition) is 5. The summed E-state index contributed by atoms with van der Waals surface area (Å²) in [7, 11) is 2.08. The summed E-state index contributed by atoms with van der Waals surface area (Å²) in [5.41, 5.74) is 3.73. The lowest BCUT2D eigenvalue weighted by atomic mass is 10.1. The van der Waals surface area contributed by atoms with Crippen molar-refractivity contribution in [1.29, 1.82) is 0 Å². The smallest absolute Gasteiger partial charge is 0.280 e. The number of rotatable bonds is 2. The highest BCUT2D eigenvalue weighted by Crippen LogP contribution is 2.28. The fourth-order valence-corrected chi connectivity index (χ4v) is 3.95. The zero-order chi connectivity index (χ0) is 20.1. The van der Waals surface area contributed by atoms with E-state index < -0.39 is 0 Å². The molecule has 0 aliphatic carbocycles. The van der Waals surface area contributed by atoms with Gasteiger partial charge in [-0.25, -0.2) is 18.6 Å². The van der Waals surface area contributed by atoms with Gasteiger partial charge in [0.25, 0.3) is 5.56 Å². The number of piperazine rings is 1. The normalized spacial score (nSPS) is 15.5. The van der Waals surface area contributed by atoms with E-state index in [1.165, 1.54) is 12.1 Å². The third-order valence-corrected chi connectivity index (χ3v) is 5.59. The van der Waals surface area contributed by atoms with Gasteiger partial charge in [0.2, 0.25) is 0 Å². The highest BCUT2D eigenvalue weighted by atomic mass is 19.1. The summed E-state index contributed by atoms with van der Waals surface area (Å²) in [6, 6.07) is 8.19. The summed E-state index contributed by atoms with van der Waals surface area (Å²) in [5.74, 6) is -0.286. The molecule has 8 heteroatoms. The van der Waals surface area contributed by atoms with Gasteiger partial charge in [0.1, 0.15) is 5.82 Å². The maximum Gasteiger partial charge on any atom is 0.280 e. The largest absolute Gasteiger partial charge is 0.308 e. The van der Waals surface area contributed by atoms with Crippen LogP contribution in [0.1, 0.15) is 5.69 Å². The minimum absolute atomic E-state index is 0.0991. The minimum atomic E-state index is -0.286. The van der Waals surface area contributed by atoms with E-state index in [4.69, 9.17) is 0 Å². The van der Waals surface area contributed by atoms with Crippen LogP contribution in [0.5, 0.6) is 0 Å². The number of hydrogen-bond donors (Lipinski definition) is 0. The second-order valence-electron chi connectivity index (χ2n) is 7.48. The standard InChI is InChI=1S/C21H21FN6O/c1-14-19(15-3-5-16(22)6-4-15)20-23-13-17-18(28(20)24-14)7-8-27(21(17)29)26-11-9-25(2)10-12-26/h3-8,13H,9-12H2,1-2H3. The van der Waals surface area contributed by atoms with Gasteiger partial charge in [-0.1, -0.05) is 12.1 Å². The second-order valence-corrected chi connectivity index (χ2v) is 7.48. The van der Waals surface area contributed by atoms with E-state index in [2.05, 4.69) is 27.0 Å². The van der Waals surface area contributed by atoms with E-state index in [1.807, 2.05) is 19.2 Å². The van der Waals surface area contributed by atoms with Crippen LogP contribution in [0, 0.1) is 12.7 Å². The molecule has 0 saturated carbocycles. The van der Waals surface area contributed by atoms with Crippen molar-refractivity contribution in [1.82, 2.24) is 24.2 Å². The summed E-state index contributed by atoms with van der Waals surface area (Å²) in [6.45, 7) is 5.33. The van der Waals surface area contributed by atoms with E-state index in [1.54, 1.807) is 27.5 Å². The van der Waals surface area contributed by atoms with Crippen LogP contribution >= 0.6 is 0 Å². The molecule has 5 rings (SSSR count). The van der Waals surface area contributed by atoms with Gasteiger partial charge in [-0.15, -0.1) is 0 Å². The van der Waals surface area contributed by atoms with E-state index in [9.17, 15) is 9.18 Å². The van der Waals surface area contributed by atoms with Gasteiger partial charge < -0.3 is 9.91 Å². The van der Waals surface area contributed by atoms with E-state index in [-0.39, 0.29) is 11.4 Å². The maximum atomic E-state index is 13.3. The van der Waals surface area contributed by atoms with Crippen molar-refractivity contribution in [2.45, 2.75) is 6.92 Å².